The molecule has 0 atom stereocenters. The smallest absolute Gasteiger partial charge is 0.323 e. The molecule has 3 heterocycles. The highest BCUT2D eigenvalue weighted by molar-refractivity contribution is 6.00. The van der Waals surface area contributed by atoms with Crippen molar-refractivity contribution in [3.63, 3.8) is 0 Å². The van der Waals surface area contributed by atoms with Gasteiger partial charge in [0.05, 0.1) is 24.4 Å². The van der Waals surface area contributed by atoms with Crippen LogP contribution in [0.25, 0.3) is 33.4 Å². The molecule has 0 aliphatic carbocycles. The van der Waals surface area contributed by atoms with Gasteiger partial charge in [-0.2, -0.15) is 0 Å². The van der Waals surface area contributed by atoms with Crippen LogP contribution in [0.5, 0.6) is 0 Å². The maximum Gasteiger partial charge on any atom is 0.323 e. The number of carbonyl (C=O) groups excluding carboxylic acids is 2. The summed E-state index contributed by atoms with van der Waals surface area (Å²) in [6.45, 7) is 3.55. The third kappa shape index (κ3) is 6.27. The number of ether oxygens (including phenoxy) is 1. The van der Waals surface area contributed by atoms with Crippen LogP contribution in [0.4, 0.5) is 36.5 Å². The van der Waals surface area contributed by atoms with Crippen molar-refractivity contribution in [3.05, 3.63) is 85.0 Å². The zero-order valence-corrected chi connectivity index (χ0v) is 23.5. The van der Waals surface area contributed by atoms with Crippen LogP contribution in [0.15, 0.2) is 73.3 Å². The van der Waals surface area contributed by atoms with Crippen molar-refractivity contribution in [1.29, 1.82) is 0 Å². The predicted molar refractivity (Wildman–Crippen MR) is 162 cm³/mol. The average Bonchev–Trinajstić information content (AvgIpc) is 3.02. The van der Waals surface area contributed by atoms with Crippen molar-refractivity contribution in [2.45, 2.75) is 6.92 Å². The second-order valence-electron chi connectivity index (χ2n) is 9.98. The van der Waals surface area contributed by atoms with E-state index in [9.17, 15) is 14.0 Å². The summed E-state index contributed by atoms with van der Waals surface area (Å²) in [6.07, 6.45) is 4.46. The quantitative estimate of drug-likeness (QED) is 0.235. The van der Waals surface area contributed by atoms with Gasteiger partial charge in [0.25, 0.3) is 0 Å². The molecular formula is C31H26F2N8O3. The maximum atomic E-state index is 15.3. The summed E-state index contributed by atoms with van der Waals surface area (Å²) in [5.74, 6) is -0.461. The fraction of sp³-hybridized carbons (Fsp3) is 0.161. The van der Waals surface area contributed by atoms with Gasteiger partial charge in [-0.1, -0.05) is 0 Å². The molecule has 1 aliphatic rings. The van der Waals surface area contributed by atoms with E-state index in [1.807, 2.05) is 4.90 Å². The molecular weight excluding hydrogens is 570 g/mol. The Hall–Kier alpha value is -5.56. The Bertz CT molecular complexity index is 1850. The number of halogens is 2. The summed E-state index contributed by atoms with van der Waals surface area (Å²) in [7, 11) is 0. The predicted octanol–water partition coefficient (Wildman–Crippen LogP) is 5.47. The van der Waals surface area contributed by atoms with Gasteiger partial charge in [-0.15, -0.1) is 0 Å². The summed E-state index contributed by atoms with van der Waals surface area (Å²) in [6, 6.07) is 13.2. The van der Waals surface area contributed by atoms with Crippen LogP contribution in [0.3, 0.4) is 0 Å². The first-order valence-corrected chi connectivity index (χ1v) is 13.7. The number of carbonyl (C=O) groups is 2. The van der Waals surface area contributed by atoms with E-state index in [0.29, 0.717) is 71.2 Å². The van der Waals surface area contributed by atoms with Crippen molar-refractivity contribution in [2.75, 3.05) is 47.2 Å². The van der Waals surface area contributed by atoms with Gasteiger partial charge in [0, 0.05) is 65.9 Å². The molecule has 0 spiro atoms. The SMILES string of the molecule is CC(=O)Nc1ccc(NC(=O)Nc2ccc(-c3nc(N4CCOCC4)c4cc(F)c(-c5cncnc5)cc4n3)cc2)c(F)c1. The molecule has 1 fully saturated rings. The van der Waals surface area contributed by atoms with E-state index >= 15 is 4.39 Å². The summed E-state index contributed by atoms with van der Waals surface area (Å²) in [5, 5.41) is 8.17. The molecule has 6 rings (SSSR count). The number of aromatic nitrogens is 4. The van der Waals surface area contributed by atoms with E-state index < -0.39 is 17.7 Å². The standard InChI is InChI=1S/C31H26F2N8O3/c1-18(42)36-22-6-7-27(26(33)12-22)39-31(43)37-21-4-2-19(3-5-21)29-38-28-14-23(20-15-34-17-35-16-20)25(32)13-24(28)30(40-29)41-8-10-44-11-9-41/h2-7,12-17H,8-11H2,1H3,(H,36,42)(H2,37,39,43). The van der Waals surface area contributed by atoms with Crippen molar-refractivity contribution < 1.29 is 23.1 Å². The number of benzene rings is 3. The number of urea groups is 1. The summed E-state index contributed by atoms with van der Waals surface area (Å²) >= 11 is 0. The van der Waals surface area contributed by atoms with Crippen LogP contribution in [-0.2, 0) is 9.53 Å². The number of fused-ring (bicyclic) bond motifs is 1. The first kappa shape index (κ1) is 28.6. The van der Waals surface area contributed by atoms with E-state index in [1.165, 1.54) is 31.5 Å². The lowest BCUT2D eigenvalue weighted by Gasteiger charge is -2.29. The van der Waals surface area contributed by atoms with Crippen molar-refractivity contribution >= 4 is 45.7 Å². The van der Waals surface area contributed by atoms with Crippen molar-refractivity contribution in [2.24, 2.45) is 0 Å². The maximum absolute atomic E-state index is 15.3. The molecule has 0 unspecified atom stereocenters. The molecule has 13 heteroatoms. The van der Waals surface area contributed by atoms with Gasteiger partial charge in [-0.05, 0) is 54.6 Å². The molecule has 3 aromatic carbocycles. The first-order valence-electron chi connectivity index (χ1n) is 13.7. The van der Waals surface area contributed by atoms with Gasteiger partial charge in [-0.3, -0.25) is 4.79 Å². The second-order valence-corrected chi connectivity index (χ2v) is 9.98. The molecule has 3 amide bonds. The second kappa shape index (κ2) is 12.4. The van der Waals surface area contributed by atoms with Gasteiger partial charge >= 0.3 is 6.03 Å². The van der Waals surface area contributed by atoms with Crippen LogP contribution in [0.2, 0.25) is 0 Å². The van der Waals surface area contributed by atoms with Gasteiger partial charge < -0.3 is 25.6 Å². The Labute approximate surface area is 250 Å². The van der Waals surface area contributed by atoms with E-state index in [1.54, 1.807) is 42.7 Å². The minimum atomic E-state index is -0.700. The molecule has 44 heavy (non-hydrogen) atoms. The lowest BCUT2D eigenvalue weighted by atomic mass is 10.0. The number of amides is 3. The molecule has 3 N–H and O–H groups in total. The molecule has 0 saturated carbocycles. The molecule has 2 aromatic heterocycles. The van der Waals surface area contributed by atoms with E-state index in [4.69, 9.17) is 14.7 Å². The van der Waals surface area contributed by atoms with Crippen LogP contribution in [0.1, 0.15) is 6.92 Å². The Morgan fingerprint density at radius 1 is 0.818 bits per heavy atom. The highest BCUT2D eigenvalue weighted by Crippen LogP contribution is 2.33. The minimum Gasteiger partial charge on any atom is -0.378 e. The fourth-order valence-electron chi connectivity index (χ4n) is 4.82. The topological polar surface area (TPSA) is 134 Å². The highest BCUT2D eigenvalue weighted by Gasteiger charge is 2.20. The zero-order chi connectivity index (χ0) is 30.6. The third-order valence-electron chi connectivity index (χ3n) is 6.89. The van der Waals surface area contributed by atoms with Crippen LogP contribution in [0, 0.1) is 11.6 Å². The summed E-state index contributed by atoms with van der Waals surface area (Å²) in [4.78, 5) is 43.4. The van der Waals surface area contributed by atoms with Crippen LogP contribution >= 0.6 is 0 Å². The van der Waals surface area contributed by atoms with Crippen molar-refractivity contribution in [3.8, 4) is 22.5 Å². The number of nitrogens with zero attached hydrogens (tertiary/aromatic N) is 5. The van der Waals surface area contributed by atoms with Gasteiger partial charge in [0.15, 0.2) is 5.82 Å². The normalized spacial score (nSPS) is 13.0. The molecule has 5 aromatic rings. The zero-order valence-electron chi connectivity index (χ0n) is 23.5. The Kier molecular flexibility index (Phi) is 8.02. The van der Waals surface area contributed by atoms with Crippen molar-refractivity contribution in [1.82, 2.24) is 19.9 Å². The van der Waals surface area contributed by atoms with Crippen LogP contribution in [-0.4, -0.2) is 58.2 Å². The Morgan fingerprint density at radius 2 is 1.55 bits per heavy atom. The molecule has 222 valence electrons. The molecule has 1 saturated heterocycles. The average molecular weight is 597 g/mol. The first-order chi connectivity index (χ1) is 21.3. The Balaban J connectivity index is 1.27. The molecule has 0 radical (unpaired) electrons. The van der Waals surface area contributed by atoms with Gasteiger partial charge in [-0.25, -0.2) is 33.5 Å². The van der Waals surface area contributed by atoms with E-state index in [0.717, 1.165) is 6.07 Å². The van der Waals surface area contributed by atoms with Crippen LogP contribution < -0.4 is 20.9 Å². The highest BCUT2D eigenvalue weighted by atomic mass is 19.1. The van der Waals surface area contributed by atoms with Gasteiger partial charge in [0.2, 0.25) is 5.91 Å². The third-order valence-corrected chi connectivity index (χ3v) is 6.89. The Morgan fingerprint density at radius 3 is 2.25 bits per heavy atom. The lowest BCUT2D eigenvalue weighted by Crippen LogP contribution is -2.37. The molecule has 0 bridgehead atoms. The lowest BCUT2D eigenvalue weighted by molar-refractivity contribution is -0.114. The number of hydrogen-bond acceptors (Lipinski definition) is 8. The number of anilines is 4. The molecule has 11 nitrogen and oxygen atoms in total. The number of nitrogens with one attached hydrogen (secondary N) is 3. The number of hydrogen-bond donors (Lipinski definition) is 3. The molecule has 1 aliphatic heterocycles. The number of morpholine rings is 1. The van der Waals surface area contributed by atoms with E-state index in [2.05, 4.69) is 25.9 Å². The largest absolute Gasteiger partial charge is 0.378 e. The minimum absolute atomic E-state index is 0.0497. The fourth-order valence-corrected chi connectivity index (χ4v) is 4.82. The monoisotopic (exact) mass is 596 g/mol. The van der Waals surface area contributed by atoms with Gasteiger partial charge in [0.1, 0.15) is 23.8 Å². The summed E-state index contributed by atoms with van der Waals surface area (Å²) < 4.78 is 35.2. The summed E-state index contributed by atoms with van der Waals surface area (Å²) in [5.41, 5.74) is 2.74. The number of rotatable bonds is 6. The van der Waals surface area contributed by atoms with E-state index in [-0.39, 0.29) is 17.3 Å².